The maximum Gasteiger partial charge on any atom is 0.416 e. The molecule has 0 bridgehead atoms. The molecule has 2 aromatic carbocycles. The molecular formula is C20H16F3N7. The van der Waals surface area contributed by atoms with Crippen molar-refractivity contribution < 1.29 is 13.2 Å². The van der Waals surface area contributed by atoms with Gasteiger partial charge in [0.05, 0.1) is 5.56 Å². The van der Waals surface area contributed by atoms with Crippen LogP contribution in [0.5, 0.6) is 0 Å². The van der Waals surface area contributed by atoms with E-state index >= 15 is 0 Å². The second kappa shape index (κ2) is 7.14. The number of halogens is 3. The topological polar surface area (TPSA) is 130 Å². The van der Waals surface area contributed by atoms with Crippen LogP contribution >= 0.6 is 0 Å². The lowest BCUT2D eigenvalue weighted by Gasteiger charge is -2.09. The number of aromatic nitrogens is 4. The minimum atomic E-state index is -4.35. The molecule has 2 heterocycles. The van der Waals surface area contributed by atoms with Crippen molar-refractivity contribution in [2.24, 2.45) is 0 Å². The number of hydrogen-bond donors (Lipinski definition) is 3. The van der Waals surface area contributed by atoms with Crippen molar-refractivity contribution in [3.8, 4) is 11.3 Å². The van der Waals surface area contributed by atoms with Crippen LogP contribution in [-0.2, 0) is 12.6 Å². The molecule has 30 heavy (non-hydrogen) atoms. The van der Waals surface area contributed by atoms with Crippen LogP contribution in [0.2, 0.25) is 0 Å². The summed E-state index contributed by atoms with van der Waals surface area (Å²) in [5.74, 6) is 0.245. The average molecular weight is 411 g/mol. The standard InChI is InChI=1S/C20H16F3N7/c21-20(22,23)13-7-3-11(4-8-13)9-10-1-5-12(6-2-10)14-16(24)28-18-15(27-14)17(25)29-19(26)30-18/h1-8H,9H2,(H6,24,25,26,28,29,30). The van der Waals surface area contributed by atoms with Crippen LogP contribution in [-0.4, -0.2) is 19.9 Å². The number of nitrogens with two attached hydrogens (primary N) is 3. The van der Waals surface area contributed by atoms with Crippen LogP contribution in [0.1, 0.15) is 16.7 Å². The van der Waals surface area contributed by atoms with E-state index in [9.17, 15) is 13.2 Å². The summed E-state index contributed by atoms with van der Waals surface area (Å²) in [5.41, 5.74) is 20.1. The lowest BCUT2D eigenvalue weighted by Crippen LogP contribution is -2.06. The lowest BCUT2D eigenvalue weighted by molar-refractivity contribution is -0.137. The fourth-order valence-electron chi connectivity index (χ4n) is 3.04. The highest BCUT2D eigenvalue weighted by Crippen LogP contribution is 2.30. The number of fused-ring (bicyclic) bond motifs is 1. The Morgan fingerprint density at radius 1 is 0.700 bits per heavy atom. The molecular weight excluding hydrogens is 395 g/mol. The van der Waals surface area contributed by atoms with E-state index in [1.807, 2.05) is 12.1 Å². The second-order valence-electron chi connectivity index (χ2n) is 6.67. The summed E-state index contributed by atoms with van der Waals surface area (Å²) in [5, 5.41) is 0. The maximum atomic E-state index is 12.7. The predicted molar refractivity (Wildman–Crippen MR) is 108 cm³/mol. The first-order valence-electron chi connectivity index (χ1n) is 8.82. The quantitative estimate of drug-likeness (QED) is 0.471. The first-order valence-corrected chi connectivity index (χ1v) is 8.82. The summed E-state index contributed by atoms with van der Waals surface area (Å²) in [6.07, 6.45) is -3.86. The van der Waals surface area contributed by atoms with Gasteiger partial charge in [0.2, 0.25) is 5.95 Å². The van der Waals surface area contributed by atoms with Gasteiger partial charge in [0.25, 0.3) is 0 Å². The van der Waals surface area contributed by atoms with Gasteiger partial charge < -0.3 is 17.2 Å². The van der Waals surface area contributed by atoms with Gasteiger partial charge in [-0.15, -0.1) is 0 Å². The number of nitrogens with zero attached hydrogens (tertiary/aromatic N) is 4. The van der Waals surface area contributed by atoms with Crippen LogP contribution in [0.25, 0.3) is 22.4 Å². The van der Waals surface area contributed by atoms with E-state index < -0.39 is 11.7 Å². The Labute approximate surface area is 168 Å². The van der Waals surface area contributed by atoms with Crippen LogP contribution in [0.4, 0.5) is 30.8 Å². The predicted octanol–water partition coefficient (Wildman–Crippen LogP) is 3.44. The Balaban J connectivity index is 1.60. The highest BCUT2D eigenvalue weighted by Gasteiger charge is 2.29. The minimum Gasteiger partial charge on any atom is -0.382 e. The molecule has 0 aliphatic carbocycles. The summed E-state index contributed by atoms with van der Waals surface area (Å²) in [6, 6.07) is 12.4. The molecule has 7 nitrogen and oxygen atoms in total. The molecule has 0 saturated carbocycles. The monoisotopic (exact) mass is 411 g/mol. The first-order chi connectivity index (χ1) is 14.2. The largest absolute Gasteiger partial charge is 0.416 e. The average Bonchev–Trinajstić information content (AvgIpc) is 2.68. The van der Waals surface area contributed by atoms with Gasteiger partial charge in [-0.25, -0.2) is 9.97 Å². The zero-order valence-corrected chi connectivity index (χ0v) is 15.5. The fraction of sp³-hybridized carbons (Fsp3) is 0.100. The summed E-state index contributed by atoms with van der Waals surface area (Å²) < 4.78 is 38.1. The maximum absolute atomic E-state index is 12.7. The van der Waals surface area contributed by atoms with Crippen molar-refractivity contribution in [3.05, 3.63) is 65.2 Å². The third-order valence-corrected chi connectivity index (χ3v) is 4.52. The summed E-state index contributed by atoms with van der Waals surface area (Å²) in [7, 11) is 0. The van der Waals surface area contributed by atoms with E-state index in [1.165, 1.54) is 12.1 Å². The Bertz CT molecular complexity index is 1220. The molecule has 0 spiro atoms. The van der Waals surface area contributed by atoms with E-state index in [2.05, 4.69) is 19.9 Å². The van der Waals surface area contributed by atoms with E-state index in [0.29, 0.717) is 23.2 Å². The molecule has 10 heteroatoms. The number of anilines is 3. The second-order valence-corrected chi connectivity index (χ2v) is 6.67. The van der Waals surface area contributed by atoms with Crippen molar-refractivity contribution in [3.63, 3.8) is 0 Å². The molecule has 152 valence electrons. The third-order valence-electron chi connectivity index (χ3n) is 4.52. The minimum absolute atomic E-state index is 0.0194. The number of hydrogen-bond acceptors (Lipinski definition) is 7. The van der Waals surface area contributed by atoms with Gasteiger partial charge in [-0.3, -0.25) is 0 Å². The van der Waals surface area contributed by atoms with E-state index in [1.54, 1.807) is 12.1 Å². The lowest BCUT2D eigenvalue weighted by atomic mass is 10.0. The number of benzene rings is 2. The molecule has 0 atom stereocenters. The Hall–Kier alpha value is -3.95. The van der Waals surface area contributed by atoms with E-state index in [4.69, 9.17) is 17.2 Å². The SMILES string of the molecule is Nc1nc(N)c2nc(-c3ccc(Cc4ccc(C(F)(F)F)cc4)cc3)c(N)nc2n1. The fourth-order valence-corrected chi connectivity index (χ4v) is 3.04. The number of nitrogen functional groups attached to an aromatic ring is 3. The zero-order chi connectivity index (χ0) is 21.5. The molecule has 0 aliphatic heterocycles. The van der Waals surface area contributed by atoms with Gasteiger partial charge in [-0.1, -0.05) is 36.4 Å². The van der Waals surface area contributed by atoms with Crippen LogP contribution in [0, 0.1) is 0 Å². The van der Waals surface area contributed by atoms with Crippen LogP contribution < -0.4 is 17.2 Å². The molecule has 2 aromatic heterocycles. The highest BCUT2D eigenvalue weighted by molar-refractivity contribution is 5.87. The summed E-state index contributed by atoms with van der Waals surface area (Å²) >= 11 is 0. The molecule has 0 aliphatic rings. The third kappa shape index (κ3) is 3.79. The van der Waals surface area contributed by atoms with E-state index in [-0.39, 0.29) is 23.2 Å². The Kier molecular flexibility index (Phi) is 4.61. The normalized spacial score (nSPS) is 11.7. The van der Waals surface area contributed by atoms with E-state index in [0.717, 1.165) is 23.3 Å². The van der Waals surface area contributed by atoms with Gasteiger partial charge in [-0.05, 0) is 29.7 Å². The zero-order valence-electron chi connectivity index (χ0n) is 15.5. The van der Waals surface area contributed by atoms with Gasteiger partial charge >= 0.3 is 6.18 Å². The van der Waals surface area contributed by atoms with Crippen LogP contribution in [0.15, 0.2) is 48.5 Å². The van der Waals surface area contributed by atoms with Crippen molar-refractivity contribution >= 4 is 28.7 Å². The van der Waals surface area contributed by atoms with Gasteiger partial charge in [0, 0.05) is 5.56 Å². The first kappa shape index (κ1) is 19.4. The molecule has 4 aromatic rings. The van der Waals surface area contributed by atoms with Gasteiger partial charge in [0.1, 0.15) is 5.69 Å². The number of rotatable bonds is 3. The molecule has 0 unspecified atom stereocenters. The van der Waals surface area contributed by atoms with Crippen molar-refractivity contribution in [1.82, 2.24) is 19.9 Å². The smallest absolute Gasteiger partial charge is 0.382 e. The number of alkyl halides is 3. The van der Waals surface area contributed by atoms with Crippen molar-refractivity contribution in [1.29, 1.82) is 0 Å². The Morgan fingerprint density at radius 2 is 1.30 bits per heavy atom. The molecule has 0 radical (unpaired) electrons. The summed E-state index contributed by atoms with van der Waals surface area (Å²) in [6.45, 7) is 0. The molecule has 6 N–H and O–H groups in total. The van der Waals surface area contributed by atoms with Crippen molar-refractivity contribution in [2.45, 2.75) is 12.6 Å². The van der Waals surface area contributed by atoms with Crippen LogP contribution in [0.3, 0.4) is 0 Å². The van der Waals surface area contributed by atoms with Gasteiger partial charge in [0.15, 0.2) is 22.8 Å². The molecule has 0 saturated heterocycles. The molecule has 0 fully saturated rings. The summed E-state index contributed by atoms with van der Waals surface area (Å²) in [4.78, 5) is 16.5. The Morgan fingerprint density at radius 3 is 1.90 bits per heavy atom. The molecule has 0 amide bonds. The highest BCUT2D eigenvalue weighted by atomic mass is 19.4. The molecule has 4 rings (SSSR count). The van der Waals surface area contributed by atoms with Gasteiger partial charge in [-0.2, -0.15) is 23.1 Å². The van der Waals surface area contributed by atoms with Crippen molar-refractivity contribution in [2.75, 3.05) is 17.2 Å².